The van der Waals surface area contributed by atoms with Crippen LogP contribution in [-0.2, 0) is 14.3 Å². The van der Waals surface area contributed by atoms with Crippen molar-refractivity contribution in [3.05, 3.63) is 24.3 Å². The topological polar surface area (TPSA) is 68.0 Å². The minimum absolute atomic E-state index is 0.0518. The molecule has 7 nitrogen and oxygen atoms in total. The van der Waals surface area contributed by atoms with Crippen molar-refractivity contribution in [2.24, 2.45) is 0 Å². The molecule has 1 aromatic heterocycles. The van der Waals surface area contributed by atoms with Gasteiger partial charge in [-0.15, -0.1) is 0 Å². The molecular formula is C18H25N3O4. The number of benzene rings is 1. The number of amides is 1. The monoisotopic (exact) mass is 347 g/mol. The predicted molar refractivity (Wildman–Crippen MR) is 94.7 cm³/mol. The lowest BCUT2D eigenvalue weighted by Crippen LogP contribution is -2.54. The number of morpholine rings is 1. The van der Waals surface area contributed by atoms with Crippen LogP contribution in [0.3, 0.4) is 0 Å². The first-order valence-electron chi connectivity index (χ1n) is 8.40. The van der Waals surface area contributed by atoms with Gasteiger partial charge in [0.05, 0.1) is 31.4 Å². The number of fused-ring (bicyclic) bond motifs is 1. The highest BCUT2D eigenvalue weighted by Gasteiger charge is 2.35. The minimum Gasteiger partial charge on any atom is -0.423 e. The van der Waals surface area contributed by atoms with Crippen LogP contribution >= 0.6 is 0 Å². The number of anilines is 1. The van der Waals surface area contributed by atoms with Crippen LogP contribution < -0.4 is 4.90 Å². The Kier molecular flexibility index (Phi) is 4.96. The number of ether oxygens (including phenoxy) is 2. The fourth-order valence-corrected chi connectivity index (χ4v) is 2.93. The second-order valence-corrected chi connectivity index (χ2v) is 7.15. The fourth-order valence-electron chi connectivity index (χ4n) is 2.93. The van der Waals surface area contributed by atoms with E-state index in [1.807, 2.05) is 38.1 Å². The molecule has 0 bridgehead atoms. The summed E-state index contributed by atoms with van der Waals surface area (Å²) in [6, 6.07) is 8.30. The Hall–Kier alpha value is -2.12. The van der Waals surface area contributed by atoms with Gasteiger partial charge in [-0.05, 0) is 26.0 Å². The Morgan fingerprint density at radius 2 is 2.16 bits per heavy atom. The first-order valence-corrected chi connectivity index (χ1v) is 8.40. The molecule has 0 saturated carbocycles. The molecule has 1 amide bonds. The Balaban J connectivity index is 1.67. The molecule has 0 radical (unpaired) electrons. The van der Waals surface area contributed by atoms with Crippen molar-refractivity contribution in [1.29, 1.82) is 0 Å². The Bertz CT molecular complexity index is 708. The van der Waals surface area contributed by atoms with Gasteiger partial charge in [0, 0.05) is 14.1 Å². The number of likely N-dealkylation sites (N-methyl/N-ethyl adjacent to an activating group) is 1. The highest BCUT2D eigenvalue weighted by Crippen LogP contribution is 2.28. The molecule has 1 aliphatic heterocycles. The lowest BCUT2D eigenvalue weighted by Gasteiger charge is -2.42. The van der Waals surface area contributed by atoms with E-state index in [9.17, 15) is 4.79 Å². The van der Waals surface area contributed by atoms with Crippen LogP contribution in [0.4, 0.5) is 6.01 Å². The van der Waals surface area contributed by atoms with E-state index in [0.717, 1.165) is 11.1 Å². The van der Waals surface area contributed by atoms with Crippen molar-refractivity contribution in [3.63, 3.8) is 0 Å². The van der Waals surface area contributed by atoms with Crippen molar-refractivity contribution < 1.29 is 18.7 Å². The van der Waals surface area contributed by atoms with Gasteiger partial charge in [0.1, 0.15) is 12.1 Å². The van der Waals surface area contributed by atoms with Gasteiger partial charge < -0.3 is 23.7 Å². The molecule has 0 aliphatic carbocycles. The van der Waals surface area contributed by atoms with Crippen LogP contribution in [0.1, 0.15) is 13.8 Å². The average molecular weight is 347 g/mol. The molecule has 0 N–H and O–H groups in total. The zero-order valence-electron chi connectivity index (χ0n) is 15.2. The lowest BCUT2D eigenvalue weighted by atomic mass is 10.1. The van der Waals surface area contributed by atoms with E-state index in [1.54, 1.807) is 14.1 Å². The van der Waals surface area contributed by atoms with Crippen LogP contribution in [0.15, 0.2) is 28.7 Å². The summed E-state index contributed by atoms with van der Waals surface area (Å²) in [6.45, 7) is 5.73. The third-order valence-electron chi connectivity index (χ3n) is 4.06. The van der Waals surface area contributed by atoms with E-state index in [2.05, 4.69) is 9.88 Å². The van der Waals surface area contributed by atoms with E-state index in [4.69, 9.17) is 13.9 Å². The summed E-state index contributed by atoms with van der Waals surface area (Å²) in [5.74, 6) is -0.0640. The van der Waals surface area contributed by atoms with Gasteiger partial charge in [-0.2, -0.15) is 4.98 Å². The molecule has 0 spiro atoms. The van der Waals surface area contributed by atoms with E-state index in [0.29, 0.717) is 25.7 Å². The first kappa shape index (κ1) is 17.7. The summed E-state index contributed by atoms with van der Waals surface area (Å²) in [5.41, 5.74) is 1.25. The van der Waals surface area contributed by atoms with Gasteiger partial charge in [0.2, 0.25) is 5.91 Å². The zero-order chi connectivity index (χ0) is 18.0. The minimum atomic E-state index is -0.363. The Labute approximate surface area is 147 Å². The molecule has 1 atom stereocenters. The summed E-state index contributed by atoms with van der Waals surface area (Å²) < 4.78 is 17.5. The zero-order valence-corrected chi connectivity index (χ0v) is 15.2. The predicted octanol–water partition coefficient (Wildman–Crippen LogP) is 1.92. The fraction of sp³-hybridized carbons (Fsp3) is 0.556. The van der Waals surface area contributed by atoms with Gasteiger partial charge in [0.25, 0.3) is 6.01 Å². The summed E-state index contributed by atoms with van der Waals surface area (Å²) in [4.78, 5) is 19.8. The lowest BCUT2D eigenvalue weighted by molar-refractivity contribution is -0.139. The second-order valence-electron chi connectivity index (χ2n) is 7.15. The van der Waals surface area contributed by atoms with Crippen molar-refractivity contribution in [3.8, 4) is 0 Å². The number of carbonyl (C=O) groups is 1. The smallest absolute Gasteiger partial charge is 0.298 e. The van der Waals surface area contributed by atoms with Crippen molar-refractivity contribution >= 4 is 23.0 Å². The molecule has 2 heterocycles. The first-order chi connectivity index (χ1) is 11.8. The maximum Gasteiger partial charge on any atom is 0.298 e. The number of hydrogen-bond donors (Lipinski definition) is 0. The van der Waals surface area contributed by atoms with Crippen LogP contribution in [0.5, 0.6) is 0 Å². The van der Waals surface area contributed by atoms with Gasteiger partial charge >= 0.3 is 0 Å². The maximum atomic E-state index is 11.6. The van der Waals surface area contributed by atoms with E-state index < -0.39 is 0 Å². The van der Waals surface area contributed by atoms with Gasteiger partial charge in [0.15, 0.2) is 5.58 Å². The largest absolute Gasteiger partial charge is 0.423 e. The standard InChI is InChI=1S/C18H25N3O4/c1-18(2)12-21(17-19-14-7-5-6-8-15(14)24-17)9-13(25-18)10-23-11-16(22)20(3)4/h5-8,13H,9-12H2,1-4H3/t13-/m0/s1. The van der Waals surface area contributed by atoms with Gasteiger partial charge in [-0.25, -0.2) is 0 Å². The van der Waals surface area contributed by atoms with Crippen molar-refractivity contribution in [2.45, 2.75) is 25.6 Å². The Morgan fingerprint density at radius 1 is 1.40 bits per heavy atom. The van der Waals surface area contributed by atoms with E-state index in [-0.39, 0.29) is 24.2 Å². The van der Waals surface area contributed by atoms with Gasteiger partial charge in [-0.1, -0.05) is 12.1 Å². The second kappa shape index (κ2) is 7.01. The quantitative estimate of drug-likeness (QED) is 0.823. The van der Waals surface area contributed by atoms with Crippen LogP contribution in [0.25, 0.3) is 11.1 Å². The summed E-state index contributed by atoms with van der Waals surface area (Å²) >= 11 is 0. The van der Waals surface area contributed by atoms with Crippen molar-refractivity contribution in [1.82, 2.24) is 9.88 Å². The highest BCUT2D eigenvalue weighted by molar-refractivity contribution is 5.76. The van der Waals surface area contributed by atoms with Crippen LogP contribution in [0.2, 0.25) is 0 Å². The van der Waals surface area contributed by atoms with Crippen molar-refractivity contribution in [2.75, 3.05) is 45.3 Å². The number of carbonyl (C=O) groups excluding carboxylic acids is 1. The van der Waals surface area contributed by atoms with Crippen LogP contribution in [-0.4, -0.2) is 67.9 Å². The number of para-hydroxylation sites is 2. The summed E-state index contributed by atoms with van der Waals surface area (Å²) in [6.07, 6.45) is -0.159. The normalized spacial score (nSPS) is 20.0. The van der Waals surface area contributed by atoms with E-state index in [1.165, 1.54) is 4.90 Å². The van der Waals surface area contributed by atoms with E-state index >= 15 is 0 Å². The molecule has 25 heavy (non-hydrogen) atoms. The summed E-state index contributed by atoms with van der Waals surface area (Å²) in [5, 5.41) is 0. The third-order valence-corrected chi connectivity index (χ3v) is 4.06. The SMILES string of the molecule is CN(C)C(=O)COC[C@@H]1CN(c2nc3ccccc3o2)CC(C)(C)O1. The number of aromatic nitrogens is 1. The molecule has 3 rings (SSSR count). The Morgan fingerprint density at radius 3 is 2.88 bits per heavy atom. The average Bonchev–Trinajstić information content (AvgIpc) is 2.97. The maximum absolute atomic E-state index is 11.6. The molecule has 0 unspecified atom stereocenters. The molecule has 7 heteroatoms. The number of oxazole rings is 1. The van der Waals surface area contributed by atoms with Crippen LogP contribution in [0, 0.1) is 0 Å². The third kappa shape index (κ3) is 4.29. The molecule has 136 valence electrons. The summed E-state index contributed by atoms with van der Waals surface area (Å²) in [7, 11) is 3.42. The number of hydrogen-bond acceptors (Lipinski definition) is 6. The molecule has 1 aliphatic rings. The molecule has 1 fully saturated rings. The molecule has 2 aromatic rings. The molecule has 1 aromatic carbocycles. The van der Waals surface area contributed by atoms with Gasteiger partial charge in [-0.3, -0.25) is 4.79 Å². The molecular weight excluding hydrogens is 322 g/mol. The number of rotatable bonds is 5. The molecule has 1 saturated heterocycles. The number of nitrogens with zero attached hydrogens (tertiary/aromatic N) is 3. The highest BCUT2D eigenvalue weighted by atomic mass is 16.6.